The van der Waals surface area contributed by atoms with Crippen molar-refractivity contribution in [3.05, 3.63) is 23.8 Å². The Bertz CT molecular complexity index is 920. The van der Waals surface area contributed by atoms with Crippen LogP contribution >= 0.6 is 0 Å². The van der Waals surface area contributed by atoms with Gasteiger partial charge in [-0.15, -0.1) is 0 Å². The van der Waals surface area contributed by atoms with Gasteiger partial charge in [0, 0.05) is 18.4 Å². The number of allylic oxidation sites excluding steroid dienone is 1. The zero-order valence-electron chi connectivity index (χ0n) is 20.6. The molecule has 6 nitrogen and oxygen atoms in total. The van der Waals surface area contributed by atoms with E-state index in [1.54, 1.807) is 13.0 Å². The fourth-order valence-electron chi connectivity index (χ4n) is 8.48. The molecule has 33 heavy (non-hydrogen) atoms. The van der Waals surface area contributed by atoms with Gasteiger partial charge in [-0.3, -0.25) is 9.59 Å². The molecule has 0 amide bonds. The van der Waals surface area contributed by atoms with Crippen LogP contribution in [0, 0.1) is 34.0 Å². The molecule has 1 spiro atoms. The van der Waals surface area contributed by atoms with Crippen molar-refractivity contribution in [3.8, 4) is 0 Å². The highest BCUT2D eigenvalue weighted by Gasteiger charge is 2.73. The second-order valence-corrected chi connectivity index (χ2v) is 11.4. The highest BCUT2D eigenvalue weighted by molar-refractivity contribution is 5.88. The Morgan fingerprint density at radius 1 is 1.03 bits per heavy atom. The van der Waals surface area contributed by atoms with Crippen LogP contribution in [0.2, 0.25) is 0 Å². The normalized spacial score (nSPS) is 44.5. The van der Waals surface area contributed by atoms with Crippen LogP contribution in [0.1, 0.15) is 79.6 Å². The van der Waals surface area contributed by atoms with Gasteiger partial charge < -0.3 is 14.6 Å². The maximum atomic E-state index is 12.9. The summed E-state index contributed by atoms with van der Waals surface area (Å²) in [7, 11) is 0. The van der Waals surface area contributed by atoms with Crippen LogP contribution in [-0.2, 0) is 23.9 Å². The Hall–Kier alpha value is -2.11. The number of esters is 2. The van der Waals surface area contributed by atoms with E-state index in [9.17, 15) is 19.5 Å². The van der Waals surface area contributed by atoms with Crippen molar-refractivity contribution >= 4 is 17.9 Å². The van der Waals surface area contributed by atoms with Gasteiger partial charge in [-0.1, -0.05) is 26.0 Å². The third-order valence-electron chi connectivity index (χ3n) is 10.0. The van der Waals surface area contributed by atoms with E-state index in [-0.39, 0.29) is 41.2 Å². The van der Waals surface area contributed by atoms with E-state index in [0.717, 1.165) is 31.3 Å². The molecule has 4 aliphatic rings. The van der Waals surface area contributed by atoms with Crippen molar-refractivity contribution in [2.45, 2.75) is 91.8 Å². The predicted molar refractivity (Wildman–Crippen MR) is 123 cm³/mol. The molecule has 4 saturated carbocycles. The predicted octanol–water partition coefficient (Wildman–Crippen LogP) is 5.07. The Kier molecular flexibility index (Phi) is 5.82. The highest BCUT2D eigenvalue weighted by Crippen LogP contribution is 2.73. The van der Waals surface area contributed by atoms with E-state index in [1.807, 2.05) is 13.8 Å². The molecule has 1 N–H and O–H groups in total. The van der Waals surface area contributed by atoms with Crippen molar-refractivity contribution in [1.82, 2.24) is 0 Å². The van der Waals surface area contributed by atoms with Crippen LogP contribution in [0.25, 0.3) is 0 Å². The maximum Gasteiger partial charge on any atom is 0.333 e. The molecular weight excluding hydrogens is 420 g/mol. The van der Waals surface area contributed by atoms with Crippen molar-refractivity contribution < 1.29 is 29.0 Å². The van der Waals surface area contributed by atoms with Gasteiger partial charge in [-0.25, -0.2) is 4.79 Å². The van der Waals surface area contributed by atoms with Gasteiger partial charge in [0.2, 0.25) is 0 Å². The molecule has 4 unspecified atom stereocenters. The van der Waals surface area contributed by atoms with Crippen LogP contribution in [0.3, 0.4) is 0 Å². The van der Waals surface area contributed by atoms with Crippen LogP contribution in [-0.4, -0.2) is 35.2 Å². The number of carbonyl (C=O) groups excluding carboxylic acids is 2. The summed E-state index contributed by atoms with van der Waals surface area (Å²) in [5, 5.41) is 10.2. The van der Waals surface area contributed by atoms with Gasteiger partial charge in [0.05, 0.1) is 10.8 Å². The summed E-state index contributed by atoms with van der Waals surface area (Å²) in [5.74, 6) is -1.33. The minimum absolute atomic E-state index is 0.0314. The first kappa shape index (κ1) is 24.0. The summed E-state index contributed by atoms with van der Waals surface area (Å²) in [6.07, 6.45) is 6.39. The third-order valence-corrected chi connectivity index (χ3v) is 10.0. The van der Waals surface area contributed by atoms with Gasteiger partial charge in [0.25, 0.3) is 0 Å². The Balaban J connectivity index is 1.83. The van der Waals surface area contributed by atoms with E-state index in [2.05, 4.69) is 13.5 Å². The molecule has 182 valence electrons. The lowest BCUT2D eigenvalue weighted by molar-refractivity contribution is -0.224. The Morgan fingerprint density at radius 2 is 1.73 bits per heavy atom. The second kappa shape index (κ2) is 7.99. The van der Waals surface area contributed by atoms with E-state index in [0.29, 0.717) is 24.8 Å². The molecule has 8 atom stereocenters. The van der Waals surface area contributed by atoms with E-state index in [1.165, 1.54) is 6.92 Å². The van der Waals surface area contributed by atoms with Crippen molar-refractivity contribution in [2.75, 3.05) is 0 Å². The first-order valence-electron chi connectivity index (χ1n) is 12.4. The monoisotopic (exact) mass is 458 g/mol. The molecule has 6 heteroatoms. The summed E-state index contributed by atoms with van der Waals surface area (Å²) in [4.78, 5) is 37.5. The number of hydrogen-bond acceptors (Lipinski definition) is 5. The number of carbonyl (C=O) groups is 3. The first-order valence-corrected chi connectivity index (χ1v) is 12.4. The van der Waals surface area contributed by atoms with Gasteiger partial charge in [0.15, 0.2) is 0 Å². The second-order valence-electron chi connectivity index (χ2n) is 11.4. The highest BCUT2D eigenvalue weighted by atomic mass is 16.6. The topological polar surface area (TPSA) is 89.9 Å². The number of ether oxygens (including phenoxy) is 2. The largest absolute Gasteiger partial charge is 0.481 e. The number of carboxylic acids is 1. The molecule has 0 aliphatic heterocycles. The Morgan fingerprint density at radius 3 is 2.33 bits per heavy atom. The van der Waals surface area contributed by atoms with Crippen LogP contribution in [0.4, 0.5) is 0 Å². The minimum atomic E-state index is -0.772. The van der Waals surface area contributed by atoms with Gasteiger partial charge in [0.1, 0.15) is 12.2 Å². The van der Waals surface area contributed by atoms with Gasteiger partial charge in [-0.05, 0) is 82.1 Å². The zero-order chi connectivity index (χ0) is 24.3. The SMILES string of the molecule is C=C1C2CCC3[C@@]4(C)CCC[C@](C)(C(=O)O)C4CC[C@]3(C1OC(=O)/C(C)=C\C)[C@@H]2OC(C)=O. The molecule has 4 rings (SSSR count). The Labute approximate surface area is 196 Å². The molecule has 4 aliphatic carbocycles. The molecular formula is C27H38O6. The fraction of sp³-hybridized carbons (Fsp3) is 0.741. The molecule has 0 heterocycles. The average molecular weight is 459 g/mol. The third kappa shape index (κ3) is 3.23. The number of carboxylic acid groups (broad SMARTS) is 1. The summed E-state index contributed by atoms with van der Waals surface area (Å²) in [6.45, 7) is 13.5. The van der Waals surface area contributed by atoms with E-state index >= 15 is 0 Å². The molecule has 0 aromatic rings. The molecule has 0 aromatic heterocycles. The number of rotatable bonds is 4. The van der Waals surface area contributed by atoms with E-state index in [4.69, 9.17) is 9.47 Å². The summed E-state index contributed by atoms with van der Waals surface area (Å²) >= 11 is 0. The number of aliphatic carboxylic acids is 1. The summed E-state index contributed by atoms with van der Waals surface area (Å²) < 4.78 is 12.2. The van der Waals surface area contributed by atoms with Gasteiger partial charge in [-0.2, -0.15) is 0 Å². The summed E-state index contributed by atoms with van der Waals surface area (Å²) in [6, 6.07) is 0. The van der Waals surface area contributed by atoms with Crippen LogP contribution in [0.5, 0.6) is 0 Å². The van der Waals surface area contributed by atoms with Crippen molar-refractivity contribution in [3.63, 3.8) is 0 Å². The molecule has 2 bridgehead atoms. The number of fused-ring (bicyclic) bond motifs is 3. The molecule has 0 radical (unpaired) electrons. The molecule has 0 saturated heterocycles. The zero-order valence-corrected chi connectivity index (χ0v) is 20.6. The van der Waals surface area contributed by atoms with Crippen molar-refractivity contribution in [1.29, 1.82) is 0 Å². The lowest BCUT2D eigenvalue weighted by atomic mass is 9.40. The number of hydrogen-bond donors (Lipinski definition) is 1. The summed E-state index contributed by atoms with van der Waals surface area (Å²) in [5.41, 5.74) is -0.182. The lowest BCUT2D eigenvalue weighted by Gasteiger charge is -2.64. The fourth-order valence-corrected chi connectivity index (χ4v) is 8.48. The van der Waals surface area contributed by atoms with Crippen LogP contribution < -0.4 is 0 Å². The molecule has 4 fully saturated rings. The van der Waals surface area contributed by atoms with Crippen LogP contribution in [0.15, 0.2) is 23.8 Å². The first-order chi connectivity index (χ1) is 15.4. The molecule has 0 aromatic carbocycles. The van der Waals surface area contributed by atoms with E-state index < -0.39 is 22.9 Å². The van der Waals surface area contributed by atoms with Crippen molar-refractivity contribution in [2.24, 2.45) is 34.0 Å². The average Bonchev–Trinajstić information content (AvgIpc) is 2.86. The standard InChI is InChI=1S/C27H38O6/c1-7-15(2)23(29)33-21-16(3)18-9-10-20-25(5)12-8-13-26(6,24(30)31)19(25)11-14-27(20,21)22(18)32-17(4)28/h7,18-22H,3,8-14H2,1-2,4-6H3,(H,30,31)/b15-7-/t18?,19?,20?,21?,22-,25+,26+,27+/m1/s1. The quantitative estimate of drug-likeness (QED) is 0.359. The minimum Gasteiger partial charge on any atom is -0.481 e. The smallest absolute Gasteiger partial charge is 0.333 e. The maximum absolute atomic E-state index is 12.9. The van der Waals surface area contributed by atoms with Gasteiger partial charge >= 0.3 is 17.9 Å². The lowest BCUT2D eigenvalue weighted by Crippen LogP contribution is -2.64.